The molecular weight excluding hydrogens is 289 g/mol. The van der Waals surface area contributed by atoms with Gasteiger partial charge >= 0.3 is 0 Å². The molecule has 1 aromatic heterocycles. The van der Waals surface area contributed by atoms with Crippen molar-refractivity contribution in [1.82, 2.24) is 15.5 Å². The first-order chi connectivity index (χ1) is 10.3. The van der Waals surface area contributed by atoms with Gasteiger partial charge in [0.15, 0.2) is 5.82 Å². The topological polar surface area (TPSA) is 51.0 Å². The summed E-state index contributed by atoms with van der Waals surface area (Å²) in [5, 5.41) is 7.48. The molecule has 1 saturated heterocycles. The van der Waals surface area contributed by atoms with E-state index in [0.717, 1.165) is 17.9 Å². The Bertz CT molecular complexity index is 565. The molecule has 0 aliphatic carbocycles. The van der Waals surface area contributed by atoms with Gasteiger partial charge in [0.25, 0.3) is 0 Å². The van der Waals surface area contributed by atoms with Crippen LogP contribution in [0, 0.1) is 5.82 Å². The third kappa shape index (κ3) is 4.04. The first-order valence-corrected chi connectivity index (χ1v) is 8.24. The number of nitrogens with one attached hydrogen (secondary N) is 1. The Morgan fingerprint density at radius 2 is 2.10 bits per heavy atom. The van der Waals surface area contributed by atoms with Gasteiger partial charge < -0.3 is 9.84 Å². The van der Waals surface area contributed by atoms with Crippen LogP contribution < -0.4 is 5.32 Å². The number of rotatable bonds is 4. The molecule has 112 valence electrons. The molecule has 1 aliphatic heterocycles. The van der Waals surface area contributed by atoms with Crippen LogP contribution in [0.4, 0.5) is 4.39 Å². The first kappa shape index (κ1) is 14.5. The normalized spacial score (nSPS) is 19.4. The zero-order valence-corrected chi connectivity index (χ0v) is 12.5. The second-order valence-electron chi connectivity index (χ2n) is 5.15. The lowest BCUT2D eigenvalue weighted by Crippen LogP contribution is -2.20. The summed E-state index contributed by atoms with van der Waals surface area (Å²) in [7, 11) is 0. The summed E-state index contributed by atoms with van der Waals surface area (Å²) in [4.78, 5) is 5.47. The lowest BCUT2D eigenvalue weighted by Gasteiger charge is -2.09. The van der Waals surface area contributed by atoms with E-state index < -0.39 is 0 Å². The van der Waals surface area contributed by atoms with Gasteiger partial charge in [0.2, 0.25) is 5.89 Å². The van der Waals surface area contributed by atoms with Gasteiger partial charge in [0, 0.05) is 4.90 Å². The molecule has 0 saturated carbocycles. The molecule has 1 fully saturated rings. The Hall–Kier alpha value is -1.40. The number of hydrogen-bond donors (Lipinski definition) is 1. The molecule has 1 aromatic carbocycles. The zero-order chi connectivity index (χ0) is 14.5. The number of benzene rings is 1. The van der Waals surface area contributed by atoms with Gasteiger partial charge in [-0.05, 0) is 43.7 Å². The Kier molecular flexibility index (Phi) is 4.87. The van der Waals surface area contributed by atoms with Crippen molar-refractivity contribution < 1.29 is 8.91 Å². The van der Waals surface area contributed by atoms with Crippen molar-refractivity contribution >= 4 is 11.8 Å². The Morgan fingerprint density at radius 3 is 2.95 bits per heavy atom. The van der Waals surface area contributed by atoms with E-state index in [-0.39, 0.29) is 11.9 Å². The van der Waals surface area contributed by atoms with Crippen molar-refractivity contribution in [2.24, 2.45) is 0 Å². The fourth-order valence-corrected chi connectivity index (χ4v) is 3.13. The number of aromatic nitrogens is 2. The van der Waals surface area contributed by atoms with Crippen molar-refractivity contribution in [2.75, 3.05) is 6.54 Å². The van der Waals surface area contributed by atoms with E-state index in [1.807, 2.05) is 0 Å². The molecule has 6 heteroatoms. The Morgan fingerprint density at radius 1 is 1.24 bits per heavy atom. The molecule has 2 heterocycles. The quantitative estimate of drug-likeness (QED) is 0.873. The minimum Gasteiger partial charge on any atom is -0.338 e. The van der Waals surface area contributed by atoms with E-state index in [2.05, 4.69) is 15.5 Å². The molecule has 4 nitrogen and oxygen atoms in total. The van der Waals surface area contributed by atoms with Crippen LogP contribution >= 0.6 is 11.8 Å². The average molecular weight is 307 g/mol. The minimum absolute atomic E-state index is 0.185. The van der Waals surface area contributed by atoms with Crippen LogP contribution in [0.15, 0.2) is 33.7 Å². The van der Waals surface area contributed by atoms with E-state index in [1.54, 1.807) is 23.9 Å². The molecule has 21 heavy (non-hydrogen) atoms. The van der Waals surface area contributed by atoms with Gasteiger partial charge in [-0.25, -0.2) is 4.39 Å². The van der Waals surface area contributed by atoms with Gasteiger partial charge in [-0.1, -0.05) is 18.0 Å². The molecule has 3 rings (SSSR count). The van der Waals surface area contributed by atoms with E-state index in [0.29, 0.717) is 17.5 Å². The summed E-state index contributed by atoms with van der Waals surface area (Å²) >= 11 is 1.57. The summed E-state index contributed by atoms with van der Waals surface area (Å²) in [6.45, 7) is 1.01. The van der Waals surface area contributed by atoms with E-state index >= 15 is 0 Å². The van der Waals surface area contributed by atoms with Crippen molar-refractivity contribution in [3.8, 4) is 0 Å². The van der Waals surface area contributed by atoms with Crippen LogP contribution in [-0.4, -0.2) is 16.7 Å². The highest BCUT2D eigenvalue weighted by atomic mass is 32.2. The van der Waals surface area contributed by atoms with Crippen LogP contribution in [0.1, 0.15) is 43.4 Å². The summed E-state index contributed by atoms with van der Waals surface area (Å²) in [6.07, 6.45) is 4.70. The Balaban J connectivity index is 1.58. The maximum absolute atomic E-state index is 12.8. The summed E-state index contributed by atoms with van der Waals surface area (Å²) < 4.78 is 18.2. The fourth-order valence-electron chi connectivity index (χ4n) is 2.39. The average Bonchev–Trinajstić information content (AvgIpc) is 2.80. The fraction of sp³-hybridized carbons (Fsp3) is 0.467. The standard InChI is InChI=1S/C15H18FN3OS/c16-11-5-7-12(8-6-11)21-10-14-18-15(20-19-14)13-4-2-1-3-9-17-13/h5-8,13,17H,1-4,9-10H2. The number of hydrogen-bond acceptors (Lipinski definition) is 5. The van der Waals surface area contributed by atoms with Gasteiger partial charge in [-0.3, -0.25) is 0 Å². The van der Waals surface area contributed by atoms with Crippen LogP contribution in [0.2, 0.25) is 0 Å². The van der Waals surface area contributed by atoms with Gasteiger partial charge in [0.05, 0.1) is 11.8 Å². The monoisotopic (exact) mass is 307 g/mol. The predicted molar refractivity (Wildman–Crippen MR) is 79.5 cm³/mol. The van der Waals surface area contributed by atoms with Gasteiger partial charge in [-0.15, -0.1) is 11.8 Å². The lowest BCUT2D eigenvalue weighted by molar-refractivity contribution is 0.325. The smallest absolute Gasteiger partial charge is 0.243 e. The second kappa shape index (κ2) is 7.04. The van der Waals surface area contributed by atoms with Crippen molar-refractivity contribution in [1.29, 1.82) is 0 Å². The molecule has 2 aromatic rings. The number of nitrogens with zero attached hydrogens (tertiary/aromatic N) is 2. The SMILES string of the molecule is Fc1ccc(SCc2noc(C3CCCCCN3)n2)cc1. The third-order valence-electron chi connectivity index (χ3n) is 3.52. The Labute approximate surface area is 127 Å². The summed E-state index contributed by atoms with van der Waals surface area (Å²) in [5.41, 5.74) is 0. The molecule has 0 radical (unpaired) electrons. The van der Waals surface area contributed by atoms with Crippen LogP contribution in [0.5, 0.6) is 0 Å². The second-order valence-corrected chi connectivity index (χ2v) is 6.20. The van der Waals surface area contributed by atoms with Crippen molar-refractivity contribution in [2.45, 2.75) is 42.4 Å². The number of thioether (sulfide) groups is 1. The molecule has 0 amide bonds. The van der Waals surface area contributed by atoms with E-state index in [1.165, 1.54) is 31.4 Å². The molecule has 1 aliphatic rings. The maximum atomic E-state index is 12.8. The largest absolute Gasteiger partial charge is 0.338 e. The predicted octanol–water partition coefficient (Wildman–Crippen LogP) is 3.71. The van der Waals surface area contributed by atoms with Crippen molar-refractivity contribution in [3.63, 3.8) is 0 Å². The highest BCUT2D eigenvalue weighted by Gasteiger charge is 2.19. The highest BCUT2D eigenvalue weighted by molar-refractivity contribution is 7.98. The zero-order valence-electron chi connectivity index (χ0n) is 11.7. The van der Waals surface area contributed by atoms with E-state index in [4.69, 9.17) is 4.52 Å². The summed E-state index contributed by atoms with van der Waals surface area (Å²) in [6, 6.07) is 6.62. The molecule has 0 spiro atoms. The van der Waals surface area contributed by atoms with Gasteiger partial charge in [0.1, 0.15) is 5.82 Å². The molecule has 0 bridgehead atoms. The highest BCUT2D eigenvalue weighted by Crippen LogP contribution is 2.24. The molecule has 1 N–H and O–H groups in total. The third-order valence-corrected chi connectivity index (χ3v) is 4.53. The molecule has 1 unspecified atom stereocenters. The van der Waals surface area contributed by atoms with Crippen molar-refractivity contribution in [3.05, 3.63) is 41.8 Å². The minimum atomic E-state index is -0.222. The lowest BCUT2D eigenvalue weighted by atomic mass is 10.1. The summed E-state index contributed by atoms with van der Waals surface area (Å²) in [5.74, 6) is 1.78. The van der Waals surface area contributed by atoms with E-state index in [9.17, 15) is 4.39 Å². The van der Waals surface area contributed by atoms with Crippen LogP contribution in [0.3, 0.4) is 0 Å². The van der Waals surface area contributed by atoms with Gasteiger partial charge in [-0.2, -0.15) is 4.98 Å². The molecule has 1 atom stereocenters. The van der Waals surface area contributed by atoms with Crippen LogP contribution in [-0.2, 0) is 5.75 Å². The first-order valence-electron chi connectivity index (χ1n) is 7.25. The molecular formula is C15H18FN3OS. The number of halogens is 1. The maximum Gasteiger partial charge on any atom is 0.243 e. The van der Waals surface area contributed by atoms with Crippen LogP contribution in [0.25, 0.3) is 0 Å².